The van der Waals surface area contributed by atoms with E-state index >= 15 is 0 Å². The van der Waals surface area contributed by atoms with Crippen LogP contribution in [0.2, 0.25) is 0 Å². The van der Waals surface area contributed by atoms with Gasteiger partial charge in [-0.25, -0.2) is 9.59 Å². The van der Waals surface area contributed by atoms with Crippen LogP contribution < -0.4 is 19.6 Å². The second kappa shape index (κ2) is 9.80. The van der Waals surface area contributed by atoms with Crippen molar-refractivity contribution in [2.45, 2.75) is 6.92 Å². The zero-order chi connectivity index (χ0) is 24.2. The number of fused-ring (bicyclic) bond motifs is 1. The van der Waals surface area contributed by atoms with Crippen LogP contribution in [0, 0.1) is 0 Å². The summed E-state index contributed by atoms with van der Waals surface area (Å²) in [6.07, 6.45) is 0. The van der Waals surface area contributed by atoms with Gasteiger partial charge in [-0.3, -0.25) is 4.79 Å². The Bertz CT molecular complexity index is 1420. The van der Waals surface area contributed by atoms with E-state index in [1.807, 2.05) is 0 Å². The van der Waals surface area contributed by atoms with Crippen LogP contribution in [0.1, 0.15) is 27.2 Å². The molecule has 0 unspecified atom stereocenters. The van der Waals surface area contributed by atoms with Crippen molar-refractivity contribution in [2.75, 3.05) is 20.8 Å². The fraction of sp³-hybridized carbons (Fsp3) is 0.160. The summed E-state index contributed by atoms with van der Waals surface area (Å²) in [6.45, 7) is 1.74. The molecule has 4 rings (SSSR count). The highest BCUT2D eigenvalue weighted by Gasteiger charge is 2.24. The molecule has 0 radical (unpaired) electrons. The number of carbonyl (C=O) groups excluding carboxylic acids is 2. The second-order valence-electron chi connectivity index (χ2n) is 6.95. The van der Waals surface area contributed by atoms with Gasteiger partial charge in [0, 0.05) is 6.07 Å². The highest BCUT2D eigenvalue weighted by atomic mass is 32.1. The fourth-order valence-electron chi connectivity index (χ4n) is 3.38. The van der Waals surface area contributed by atoms with Crippen molar-refractivity contribution in [1.82, 2.24) is 0 Å². The number of ether oxygens (including phenoxy) is 4. The fourth-order valence-corrected chi connectivity index (χ4v) is 3.98. The molecule has 0 amide bonds. The molecule has 0 aliphatic carbocycles. The van der Waals surface area contributed by atoms with E-state index in [2.05, 4.69) is 0 Å². The number of carbonyl (C=O) groups is 2. The Hall–Kier alpha value is -4.11. The van der Waals surface area contributed by atoms with Gasteiger partial charge in [0.25, 0.3) is 0 Å². The average Bonchev–Trinajstić information content (AvgIpc) is 3.39. The standard InChI is InChI=1S/C25H20O8S/c1-4-31-25(28)23-21(14-7-10-17(29-2)19(12-14)30-3)22(26)16-9-8-15(13-18(16)33-23)32-24(27)20-6-5-11-34-20/h5-13H,4H2,1-3H3. The van der Waals surface area contributed by atoms with Gasteiger partial charge in [0.2, 0.25) is 11.2 Å². The summed E-state index contributed by atoms with van der Waals surface area (Å²) in [7, 11) is 2.96. The van der Waals surface area contributed by atoms with Crippen molar-refractivity contribution in [1.29, 1.82) is 0 Å². The number of rotatable bonds is 7. The molecular formula is C25H20O8S. The number of hydrogen-bond acceptors (Lipinski definition) is 9. The normalized spacial score (nSPS) is 10.7. The van der Waals surface area contributed by atoms with Gasteiger partial charge in [-0.1, -0.05) is 12.1 Å². The van der Waals surface area contributed by atoms with E-state index in [1.165, 1.54) is 43.8 Å². The topological polar surface area (TPSA) is 101 Å². The van der Waals surface area contributed by atoms with Gasteiger partial charge in [0.1, 0.15) is 16.2 Å². The molecule has 9 heteroatoms. The van der Waals surface area contributed by atoms with Crippen molar-refractivity contribution in [3.63, 3.8) is 0 Å². The summed E-state index contributed by atoms with van der Waals surface area (Å²) in [5.74, 6) is -0.594. The van der Waals surface area contributed by atoms with Crippen LogP contribution in [0.15, 0.2) is 63.1 Å². The molecule has 34 heavy (non-hydrogen) atoms. The Kier molecular flexibility index (Phi) is 6.65. The van der Waals surface area contributed by atoms with Crippen molar-refractivity contribution < 1.29 is 33.0 Å². The molecule has 174 valence electrons. The third kappa shape index (κ3) is 4.38. The van der Waals surface area contributed by atoms with Crippen LogP contribution in [-0.2, 0) is 4.74 Å². The molecule has 2 aromatic carbocycles. The van der Waals surface area contributed by atoms with Crippen LogP contribution >= 0.6 is 11.3 Å². The van der Waals surface area contributed by atoms with E-state index in [9.17, 15) is 14.4 Å². The van der Waals surface area contributed by atoms with Gasteiger partial charge in [-0.2, -0.15) is 0 Å². The molecule has 2 heterocycles. The minimum absolute atomic E-state index is 0.0234. The van der Waals surface area contributed by atoms with Crippen LogP contribution in [0.4, 0.5) is 0 Å². The van der Waals surface area contributed by atoms with Crippen molar-refractivity contribution in [2.24, 2.45) is 0 Å². The molecule has 0 fully saturated rings. The highest BCUT2D eigenvalue weighted by Crippen LogP contribution is 2.34. The van der Waals surface area contributed by atoms with Crippen molar-refractivity contribution in [3.05, 3.63) is 74.8 Å². The van der Waals surface area contributed by atoms with Gasteiger partial charge in [0.15, 0.2) is 11.5 Å². The van der Waals surface area contributed by atoms with E-state index in [0.717, 1.165) is 0 Å². The Labute approximate surface area is 198 Å². The summed E-state index contributed by atoms with van der Waals surface area (Å²) in [5.41, 5.74) is 0.0428. The predicted molar refractivity (Wildman–Crippen MR) is 126 cm³/mol. The predicted octanol–water partition coefficient (Wildman–Crippen LogP) is 4.93. The van der Waals surface area contributed by atoms with Crippen LogP contribution in [0.25, 0.3) is 22.1 Å². The first-order chi connectivity index (χ1) is 16.5. The molecule has 0 aliphatic rings. The molecule has 0 N–H and O–H groups in total. The highest BCUT2D eigenvalue weighted by molar-refractivity contribution is 7.12. The van der Waals surface area contributed by atoms with E-state index < -0.39 is 17.4 Å². The lowest BCUT2D eigenvalue weighted by molar-refractivity contribution is 0.0491. The maximum Gasteiger partial charge on any atom is 0.375 e. The lowest BCUT2D eigenvalue weighted by atomic mass is 10.0. The Morgan fingerprint density at radius 1 is 0.971 bits per heavy atom. The van der Waals surface area contributed by atoms with E-state index in [4.69, 9.17) is 23.4 Å². The SMILES string of the molecule is CCOC(=O)c1oc2cc(OC(=O)c3cccs3)ccc2c(=O)c1-c1ccc(OC)c(OC)c1. The molecule has 4 aromatic rings. The smallest absolute Gasteiger partial charge is 0.375 e. The number of thiophene rings is 1. The minimum Gasteiger partial charge on any atom is -0.493 e. The van der Waals surface area contributed by atoms with Gasteiger partial charge in [-0.15, -0.1) is 11.3 Å². The number of methoxy groups -OCH3 is 2. The summed E-state index contributed by atoms with van der Waals surface area (Å²) < 4.78 is 27.0. The lowest BCUT2D eigenvalue weighted by Gasteiger charge is -2.13. The summed E-state index contributed by atoms with van der Waals surface area (Å²) in [4.78, 5) is 38.9. The van der Waals surface area contributed by atoms with Crippen molar-refractivity contribution >= 4 is 34.2 Å². The summed E-state index contributed by atoms with van der Waals surface area (Å²) >= 11 is 1.24. The number of benzene rings is 2. The molecule has 2 aromatic heterocycles. The van der Waals surface area contributed by atoms with Gasteiger partial charge >= 0.3 is 11.9 Å². The molecule has 0 saturated carbocycles. The Balaban J connectivity index is 1.86. The van der Waals surface area contributed by atoms with Gasteiger partial charge < -0.3 is 23.4 Å². The van der Waals surface area contributed by atoms with Crippen LogP contribution in [0.3, 0.4) is 0 Å². The average molecular weight is 480 g/mol. The molecular weight excluding hydrogens is 460 g/mol. The number of hydrogen-bond donors (Lipinski definition) is 0. The largest absolute Gasteiger partial charge is 0.493 e. The lowest BCUT2D eigenvalue weighted by Crippen LogP contribution is -2.15. The first-order valence-corrected chi connectivity index (χ1v) is 11.1. The summed E-state index contributed by atoms with van der Waals surface area (Å²) in [6, 6.07) is 12.6. The maximum absolute atomic E-state index is 13.5. The first kappa shape index (κ1) is 23.1. The second-order valence-corrected chi connectivity index (χ2v) is 7.90. The third-order valence-electron chi connectivity index (χ3n) is 4.93. The third-order valence-corrected chi connectivity index (χ3v) is 5.78. The Morgan fingerprint density at radius 2 is 1.76 bits per heavy atom. The monoisotopic (exact) mass is 480 g/mol. The van der Waals surface area contributed by atoms with Gasteiger partial charge in [-0.05, 0) is 48.2 Å². The molecule has 0 spiro atoms. The molecule has 0 aliphatic heterocycles. The Morgan fingerprint density at radius 3 is 2.44 bits per heavy atom. The minimum atomic E-state index is -0.799. The molecule has 0 bridgehead atoms. The number of esters is 2. The maximum atomic E-state index is 13.5. The van der Waals surface area contributed by atoms with Crippen LogP contribution in [-0.4, -0.2) is 32.8 Å². The zero-order valence-corrected chi connectivity index (χ0v) is 19.4. The molecule has 0 atom stereocenters. The van der Waals surface area contributed by atoms with E-state index in [0.29, 0.717) is 21.9 Å². The summed E-state index contributed by atoms with van der Waals surface area (Å²) in [5, 5.41) is 1.96. The first-order valence-electron chi connectivity index (χ1n) is 10.2. The quantitative estimate of drug-likeness (QED) is 0.271. The van der Waals surface area contributed by atoms with Gasteiger partial charge in [0.05, 0.1) is 31.8 Å². The van der Waals surface area contributed by atoms with Crippen LogP contribution in [0.5, 0.6) is 17.2 Å². The van der Waals surface area contributed by atoms with E-state index in [-0.39, 0.29) is 34.6 Å². The zero-order valence-electron chi connectivity index (χ0n) is 18.6. The van der Waals surface area contributed by atoms with Crippen molar-refractivity contribution in [3.8, 4) is 28.4 Å². The van der Waals surface area contributed by atoms with E-state index in [1.54, 1.807) is 42.6 Å². The molecule has 0 saturated heterocycles. The molecule has 8 nitrogen and oxygen atoms in total.